The number of carbonyl (C=O) groups is 1. The van der Waals surface area contributed by atoms with Crippen molar-refractivity contribution >= 4 is 34.8 Å². The van der Waals surface area contributed by atoms with E-state index < -0.39 is 0 Å². The summed E-state index contributed by atoms with van der Waals surface area (Å²) in [5, 5.41) is 1.23. The zero-order valence-electron chi connectivity index (χ0n) is 16.2. The topological polar surface area (TPSA) is 36.0 Å². The van der Waals surface area contributed by atoms with Gasteiger partial charge < -0.3 is 14.5 Å². The second-order valence-corrected chi connectivity index (χ2v) is 7.79. The van der Waals surface area contributed by atoms with E-state index in [1.165, 1.54) is 0 Å². The first-order valence-electron chi connectivity index (χ1n) is 9.26. The third-order valence-corrected chi connectivity index (χ3v) is 5.51. The molecular formula is C21H25Cl2N3O2. The van der Waals surface area contributed by atoms with Gasteiger partial charge in [-0.25, -0.2) is 0 Å². The van der Waals surface area contributed by atoms with Gasteiger partial charge in [-0.2, -0.15) is 0 Å². The number of hydrogen-bond donors (Lipinski definition) is 0. The highest BCUT2D eigenvalue weighted by molar-refractivity contribution is 6.35. The zero-order valence-corrected chi connectivity index (χ0v) is 17.7. The quantitative estimate of drug-likeness (QED) is 0.710. The van der Waals surface area contributed by atoms with Crippen molar-refractivity contribution in [2.75, 3.05) is 51.8 Å². The van der Waals surface area contributed by atoms with Crippen LogP contribution in [-0.4, -0.2) is 62.6 Å². The number of carbonyl (C=O) groups excluding carboxylic acids is 1. The minimum absolute atomic E-state index is 0.132. The van der Waals surface area contributed by atoms with E-state index >= 15 is 0 Å². The van der Waals surface area contributed by atoms with Crippen LogP contribution in [0.25, 0.3) is 0 Å². The van der Waals surface area contributed by atoms with Gasteiger partial charge in [-0.05, 0) is 36.9 Å². The molecule has 28 heavy (non-hydrogen) atoms. The van der Waals surface area contributed by atoms with Crippen molar-refractivity contribution in [3.8, 4) is 5.75 Å². The van der Waals surface area contributed by atoms with Gasteiger partial charge >= 0.3 is 0 Å². The van der Waals surface area contributed by atoms with Crippen molar-refractivity contribution in [1.82, 2.24) is 9.80 Å². The van der Waals surface area contributed by atoms with Crippen molar-refractivity contribution in [2.45, 2.75) is 6.54 Å². The van der Waals surface area contributed by atoms with Crippen LogP contribution in [0.15, 0.2) is 42.5 Å². The van der Waals surface area contributed by atoms with Gasteiger partial charge in [-0.15, -0.1) is 0 Å². The first kappa shape index (κ1) is 20.8. The van der Waals surface area contributed by atoms with Crippen LogP contribution in [-0.2, 0) is 11.3 Å². The molecule has 0 spiro atoms. The summed E-state index contributed by atoms with van der Waals surface area (Å²) in [6.07, 6.45) is 0. The molecule has 0 bridgehead atoms. The number of anilines is 1. The Labute approximate surface area is 176 Å². The normalized spacial score (nSPS) is 14.5. The Morgan fingerprint density at radius 1 is 1.11 bits per heavy atom. The summed E-state index contributed by atoms with van der Waals surface area (Å²) in [6, 6.07) is 13.4. The van der Waals surface area contributed by atoms with Gasteiger partial charge in [0.25, 0.3) is 0 Å². The highest BCUT2D eigenvalue weighted by Crippen LogP contribution is 2.28. The molecule has 5 nitrogen and oxygen atoms in total. The first-order valence-corrected chi connectivity index (χ1v) is 10.0. The van der Waals surface area contributed by atoms with Gasteiger partial charge in [-0.3, -0.25) is 9.69 Å². The molecule has 2 aromatic rings. The molecule has 150 valence electrons. The van der Waals surface area contributed by atoms with E-state index in [-0.39, 0.29) is 5.91 Å². The molecule has 0 saturated carbocycles. The molecule has 1 saturated heterocycles. The smallest absolute Gasteiger partial charge is 0.236 e. The molecule has 0 radical (unpaired) electrons. The van der Waals surface area contributed by atoms with Crippen LogP contribution in [0.5, 0.6) is 5.75 Å². The Kier molecular flexibility index (Phi) is 7.05. The largest absolute Gasteiger partial charge is 0.495 e. The molecule has 0 N–H and O–H groups in total. The summed E-state index contributed by atoms with van der Waals surface area (Å²) in [4.78, 5) is 18.9. The Morgan fingerprint density at radius 2 is 1.82 bits per heavy atom. The fourth-order valence-electron chi connectivity index (χ4n) is 3.42. The van der Waals surface area contributed by atoms with Crippen LogP contribution in [0.4, 0.5) is 5.69 Å². The van der Waals surface area contributed by atoms with Gasteiger partial charge in [-0.1, -0.05) is 41.4 Å². The molecule has 7 heteroatoms. The summed E-state index contributed by atoms with van der Waals surface area (Å²) in [5.74, 6) is 0.995. The summed E-state index contributed by atoms with van der Waals surface area (Å²) in [5.41, 5.74) is 2.04. The number of rotatable bonds is 6. The molecule has 1 aliphatic heterocycles. The lowest BCUT2D eigenvalue weighted by Gasteiger charge is -2.37. The maximum absolute atomic E-state index is 12.7. The molecular weight excluding hydrogens is 397 g/mol. The number of piperazine rings is 1. The standard InChI is InChI=1S/C21H25Cl2N3O2/c1-24(14-16-7-8-17(22)13-18(16)23)15-21(27)26-11-9-25(10-12-26)19-5-3-4-6-20(19)28-2/h3-8,13H,9-12,14-15H2,1-2H3. The minimum Gasteiger partial charge on any atom is -0.495 e. The Hall–Kier alpha value is -1.95. The van der Waals surface area contributed by atoms with Crippen LogP contribution in [0.1, 0.15) is 5.56 Å². The predicted molar refractivity (Wildman–Crippen MR) is 115 cm³/mol. The monoisotopic (exact) mass is 421 g/mol. The lowest BCUT2D eigenvalue weighted by atomic mass is 10.2. The van der Waals surface area contributed by atoms with Crippen LogP contribution >= 0.6 is 23.2 Å². The first-order chi connectivity index (χ1) is 13.5. The number of para-hydroxylation sites is 2. The lowest BCUT2D eigenvalue weighted by molar-refractivity contribution is -0.132. The third kappa shape index (κ3) is 5.10. The van der Waals surface area contributed by atoms with Gasteiger partial charge in [0.15, 0.2) is 0 Å². The van der Waals surface area contributed by atoms with Crippen LogP contribution in [0.2, 0.25) is 10.0 Å². The fourth-order valence-corrected chi connectivity index (χ4v) is 3.88. The molecule has 0 atom stereocenters. The van der Waals surface area contributed by atoms with Crippen molar-refractivity contribution < 1.29 is 9.53 Å². The number of methoxy groups -OCH3 is 1. The average molecular weight is 422 g/mol. The van der Waals surface area contributed by atoms with Crippen molar-refractivity contribution in [1.29, 1.82) is 0 Å². The third-order valence-electron chi connectivity index (χ3n) is 4.92. The maximum atomic E-state index is 12.7. The fraction of sp³-hybridized carbons (Fsp3) is 0.381. The Bertz CT molecular complexity index is 823. The number of benzene rings is 2. The minimum atomic E-state index is 0.132. The summed E-state index contributed by atoms with van der Waals surface area (Å²) < 4.78 is 5.45. The summed E-state index contributed by atoms with van der Waals surface area (Å²) >= 11 is 12.2. The van der Waals surface area contributed by atoms with Crippen LogP contribution < -0.4 is 9.64 Å². The molecule has 1 fully saturated rings. The molecule has 0 aromatic heterocycles. The van der Waals surface area contributed by atoms with Crippen molar-refractivity contribution in [3.63, 3.8) is 0 Å². The van der Waals surface area contributed by atoms with E-state index in [0.29, 0.717) is 36.2 Å². The molecule has 1 aliphatic rings. The number of hydrogen-bond acceptors (Lipinski definition) is 4. The van der Waals surface area contributed by atoms with E-state index in [4.69, 9.17) is 27.9 Å². The highest BCUT2D eigenvalue weighted by atomic mass is 35.5. The second-order valence-electron chi connectivity index (χ2n) is 6.95. The molecule has 0 unspecified atom stereocenters. The predicted octanol–water partition coefficient (Wildman–Crippen LogP) is 3.78. The molecule has 0 aliphatic carbocycles. The number of amides is 1. The zero-order chi connectivity index (χ0) is 20.1. The van der Waals surface area contributed by atoms with E-state index in [1.807, 2.05) is 47.2 Å². The number of likely N-dealkylation sites (N-methyl/N-ethyl adjacent to an activating group) is 1. The highest BCUT2D eigenvalue weighted by Gasteiger charge is 2.23. The Balaban J connectivity index is 1.52. The van der Waals surface area contributed by atoms with E-state index in [9.17, 15) is 4.79 Å². The average Bonchev–Trinajstić information content (AvgIpc) is 2.70. The molecule has 3 rings (SSSR count). The van der Waals surface area contributed by atoms with E-state index in [0.717, 1.165) is 30.1 Å². The van der Waals surface area contributed by atoms with E-state index in [2.05, 4.69) is 11.0 Å². The van der Waals surface area contributed by atoms with Gasteiger partial charge in [0.1, 0.15) is 5.75 Å². The second kappa shape index (κ2) is 9.50. The lowest BCUT2D eigenvalue weighted by Crippen LogP contribution is -2.51. The summed E-state index contributed by atoms with van der Waals surface area (Å²) in [6.45, 7) is 3.94. The summed E-state index contributed by atoms with van der Waals surface area (Å²) in [7, 11) is 3.61. The molecule has 2 aromatic carbocycles. The number of ether oxygens (including phenoxy) is 1. The van der Waals surface area contributed by atoms with Gasteiger partial charge in [0, 0.05) is 42.8 Å². The maximum Gasteiger partial charge on any atom is 0.236 e. The van der Waals surface area contributed by atoms with E-state index in [1.54, 1.807) is 13.2 Å². The molecule has 1 heterocycles. The van der Waals surface area contributed by atoms with Crippen LogP contribution in [0.3, 0.4) is 0 Å². The van der Waals surface area contributed by atoms with Gasteiger partial charge in [0.05, 0.1) is 19.3 Å². The number of halogens is 2. The van der Waals surface area contributed by atoms with Crippen molar-refractivity contribution in [3.05, 3.63) is 58.1 Å². The number of nitrogens with zero attached hydrogens (tertiary/aromatic N) is 3. The van der Waals surface area contributed by atoms with Crippen molar-refractivity contribution in [2.24, 2.45) is 0 Å². The molecule has 1 amide bonds. The Morgan fingerprint density at radius 3 is 2.50 bits per heavy atom. The van der Waals surface area contributed by atoms with Crippen LogP contribution in [0, 0.1) is 0 Å². The van der Waals surface area contributed by atoms with Gasteiger partial charge in [0.2, 0.25) is 5.91 Å². The SMILES string of the molecule is COc1ccccc1N1CCN(C(=O)CN(C)Cc2ccc(Cl)cc2Cl)CC1.